The number of carboxylic acids is 1. The van der Waals surface area contributed by atoms with Gasteiger partial charge in [-0.2, -0.15) is 9.90 Å². The molecule has 0 saturated heterocycles. The summed E-state index contributed by atoms with van der Waals surface area (Å²) < 4.78 is 1.22. The molecule has 0 amide bonds. The number of hydrogen-bond acceptors (Lipinski definition) is 2. The number of hydrogen-bond donors (Lipinski definition) is 0. The van der Waals surface area contributed by atoms with E-state index in [1.54, 1.807) is 0 Å². The van der Waals surface area contributed by atoms with Crippen LogP contribution in [0.15, 0.2) is 24.3 Å². The van der Waals surface area contributed by atoms with E-state index < -0.39 is 5.97 Å². The zero-order valence-corrected chi connectivity index (χ0v) is 10.6. The first kappa shape index (κ1) is 15.3. The molecule has 1 aromatic rings. The molecule has 0 spiro atoms. The average molecular weight is 291 g/mol. The Morgan fingerprint density at radius 1 is 1.38 bits per heavy atom. The van der Waals surface area contributed by atoms with Gasteiger partial charge in [-0.05, 0) is 6.92 Å². The first-order valence-corrected chi connectivity index (χ1v) is 4.17. The first-order chi connectivity index (χ1) is 5.54. The Kier molecular flexibility index (Phi) is 9.84. The molecule has 76 valence electrons. The predicted molar refractivity (Wildman–Crippen MR) is 52.6 cm³/mol. The smallest absolute Gasteiger partial charge is 0.153 e. The van der Waals surface area contributed by atoms with Gasteiger partial charge in [-0.1, -0.05) is 0 Å². The van der Waals surface area contributed by atoms with Gasteiger partial charge in [-0.15, -0.1) is 0 Å². The van der Waals surface area contributed by atoms with E-state index in [2.05, 4.69) is 38.3 Å². The maximum absolute atomic E-state index is 8.89. The van der Waals surface area contributed by atoms with E-state index in [1.807, 2.05) is 12.1 Å². The van der Waals surface area contributed by atoms with Crippen molar-refractivity contribution in [1.82, 2.24) is 0 Å². The van der Waals surface area contributed by atoms with E-state index in [-0.39, 0.29) is 9.90 Å². The molecule has 0 heterocycles. The van der Waals surface area contributed by atoms with Crippen molar-refractivity contribution in [1.29, 1.82) is 0 Å². The Morgan fingerprint density at radius 3 is 2.00 bits per heavy atom. The molecule has 0 N–H and O–H groups in total. The molecular weight excluding hydrogens is 277 g/mol. The normalized spacial score (nSPS) is 7.69. The monoisotopic (exact) mass is 290 g/mol. The van der Waals surface area contributed by atoms with Gasteiger partial charge < -0.3 is 9.90 Å². The van der Waals surface area contributed by atoms with Crippen LogP contribution in [0.1, 0.15) is 12.5 Å². The quantitative estimate of drug-likeness (QED) is 0.498. The minimum Gasteiger partial charge on any atom is -0.153 e. The van der Waals surface area contributed by atoms with Gasteiger partial charge in [0.1, 0.15) is 0 Å². The summed E-state index contributed by atoms with van der Waals surface area (Å²) in [4.78, 5) is 8.89. The molecule has 2 nitrogen and oxygen atoms in total. The molecule has 0 radical (unpaired) electrons. The molecule has 1 aromatic carbocycles. The third-order valence-electron chi connectivity index (χ3n) is 1.04. The third kappa shape index (κ3) is 9.70. The predicted octanol–water partition coefficient (Wildman–Crippen LogP) is -0.0186. The average Bonchev–Trinajstić information content (AvgIpc) is 1.94. The molecule has 0 aliphatic carbocycles. The van der Waals surface area contributed by atoms with Crippen LogP contribution in [0.25, 0.3) is 0 Å². The summed E-state index contributed by atoms with van der Waals surface area (Å²) in [5, 5.41) is 8.89. The zero-order chi connectivity index (χ0) is 9.56. The van der Waals surface area contributed by atoms with Crippen LogP contribution in [-0.4, -0.2) is 5.97 Å². The Balaban J connectivity index is 0. The summed E-state index contributed by atoms with van der Waals surface area (Å²) in [5.41, 5.74) is 1.30. The minimum atomic E-state index is -1.08. The van der Waals surface area contributed by atoms with Crippen LogP contribution in [-0.2, 0) is 24.0 Å². The topological polar surface area (TPSA) is 40.1 Å². The first-order valence-electron chi connectivity index (χ1n) is 3.39. The van der Waals surface area contributed by atoms with Crippen molar-refractivity contribution in [2.45, 2.75) is 13.8 Å². The number of carbonyl (C=O) groups excluding carboxylic acids is 1. The van der Waals surface area contributed by atoms with Gasteiger partial charge in [-0.25, -0.2) is 0 Å². The van der Waals surface area contributed by atoms with Gasteiger partial charge in [0.25, 0.3) is 0 Å². The molecule has 13 heavy (non-hydrogen) atoms. The van der Waals surface area contributed by atoms with Crippen LogP contribution >= 0.6 is 9.90 Å². The van der Waals surface area contributed by atoms with E-state index in [4.69, 9.17) is 9.90 Å². The molecule has 0 aliphatic heterocycles. The van der Waals surface area contributed by atoms with Crippen LogP contribution in [0.4, 0.5) is 0 Å². The summed E-state index contributed by atoms with van der Waals surface area (Å²) in [6, 6.07) is 8.19. The molecule has 0 fully saturated rings. The second kappa shape index (κ2) is 8.38. The van der Waals surface area contributed by atoms with Crippen molar-refractivity contribution >= 4 is 19.9 Å². The van der Waals surface area contributed by atoms with Crippen molar-refractivity contribution in [3.63, 3.8) is 0 Å². The van der Waals surface area contributed by atoms with Crippen LogP contribution in [0.5, 0.6) is 0 Å². The molecule has 0 saturated carbocycles. The van der Waals surface area contributed by atoms with Gasteiger partial charge in [0.2, 0.25) is 0 Å². The zero-order valence-electron chi connectivity index (χ0n) is 7.65. The molecular formula is C9H13O2PPd. The number of aryl methyl sites for hydroxylation is 1. The molecule has 1 rings (SSSR count). The Hall–Kier alpha value is -0.218. The van der Waals surface area contributed by atoms with Gasteiger partial charge in [0, 0.05) is 5.97 Å². The summed E-state index contributed by atoms with van der Waals surface area (Å²) >= 11 is 3.14. The molecule has 1 unspecified atom stereocenters. The van der Waals surface area contributed by atoms with Gasteiger partial charge in [0.05, 0.1) is 0 Å². The summed E-state index contributed by atoms with van der Waals surface area (Å²) in [6.45, 7) is 3.06. The number of aliphatic carboxylic acids is 1. The molecule has 4 heteroatoms. The van der Waals surface area contributed by atoms with Crippen molar-refractivity contribution in [3.8, 4) is 0 Å². The van der Waals surface area contributed by atoms with Crippen LogP contribution in [0.3, 0.4) is 0 Å². The van der Waals surface area contributed by atoms with Crippen molar-refractivity contribution < 1.29 is 29.1 Å². The fourth-order valence-corrected chi connectivity index (χ4v) is 0.819. The Labute approximate surface area is 92.8 Å². The van der Waals surface area contributed by atoms with Crippen molar-refractivity contribution in [2.75, 3.05) is 0 Å². The largest absolute Gasteiger partial charge is 0.153 e. The maximum atomic E-state index is 8.89. The van der Waals surface area contributed by atoms with Crippen molar-refractivity contribution in [2.24, 2.45) is 0 Å². The fraction of sp³-hybridized carbons (Fsp3) is 0.222. The standard InChI is InChI=1S/C7H7.C2H4O2.H3P.Pd/c1-7-5-3-2-4-6-7;1-2(3)4;;/h2-5H,1H3;1H3,(H,3,4);1H3;/q;;;+1/p-1. The van der Waals surface area contributed by atoms with Gasteiger partial charge in [-0.3, -0.25) is 0 Å². The minimum absolute atomic E-state index is 0. The van der Waals surface area contributed by atoms with Crippen LogP contribution in [0, 0.1) is 6.92 Å². The Bertz CT molecular complexity index is 239. The molecule has 1 atom stereocenters. The fourth-order valence-electron chi connectivity index (χ4n) is 0.540. The second-order valence-electron chi connectivity index (χ2n) is 2.21. The molecule has 0 bridgehead atoms. The number of carboxylic acid groups (broad SMARTS) is 1. The van der Waals surface area contributed by atoms with Crippen LogP contribution in [0.2, 0.25) is 0 Å². The Morgan fingerprint density at radius 2 is 1.77 bits per heavy atom. The van der Waals surface area contributed by atoms with E-state index in [0.29, 0.717) is 0 Å². The van der Waals surface area contributed by atoms with Gasteiger partial charge >= 0.3 is 60.0 Å². The van der Waals surface area contributed by atoms with Crippen molar-refractivity contribution in [3.05, 3.63) is 29.8 Å². The van der Waals surface area contributed by atoms with E-state index in [1.165, 1.54) is 9.60 Å². The second-order valence-corrected chi connectivity index (χ2v) is 3.04. The summed E-state index contributed by atoms with van der Waals surface area (Å²) in [7, 11) is 0. The van der Waals surface area contributed by atoms with E-state index >= 15 is 0 Å². The number of rotatable bonds is 0. The molecule has 0 aromatic heterocycles. The van der Waals surface area contributed by atoms with Crippen LogP contribution < -0.4 is 9.14 Å². The summed E-state index contributed by atoms with van der Waals surface area (Å²) in [6.07, 6.45) is 0. The van der Waals surface area contributed by atoms with E-state index in [9.17, 15) is 0 Å². The molecule has 0 aliphatic rings. The number of carbonyl (C=O) groups is 1. The number of benzene rings is 1. The third-order valence-corrected chi connectivity index (χ3v) is 1.91. The van der Waals surface area contributed by atoms with E-state index in [0.717, 1.165) is 6.92 Å². The van der Waals surface area contributed by atoms with Gasteiger partial charge in [0.15, 0.2) is 0 Å². The maximum Gasteiger partial charge on any atom is -0.153 e. The summed E-state index contributed by atoms with van der Waals surface area (Å²) in [5.74, 6) is -1.08. The SMILES string of the molecule is CC(=O)[O-].Cc1cccc[c]1[Pd+].P.